The van der Waals surface area contributed by atoms with E-state index in [4.69, 9.17) is 11.6 Å². The highest BCUT2D eigenvalue weighted by Gasteiger charge is 2.31. The molecule has 4 nitrogen and oxygen atoms in total. The van der Waals surface area contributed by atoms with Crippen molar-refractivity contribution in [2.45, 2.75) is 12.4 Å². The van der Waals surface area contributed by atoms with E-state index in [1.807, 2.05) is 0 Å². The Morgan fingerprint density at radius 2 is 1.43 bits per heavy atom. The Morgan fingerprint density at radius 3 is 1.96 bits per heavy atom. The number of alkyl halides is 6. The van der Waals surface area contributed by atoms with Gasteiger partial charge in [-0.3, -0.25) is 4.79 Å². The normalized spacial score (nSPS) is 11.8. The second-order valence-electron chi connectivity index (χ2n) is 5.39. The summed E-state index contributed by atoms with van der Waals surface area (Å²) in [6.45, 7) is -0.883. The van der Waals surface area contributed by atoms with E-state index in [-0.39, 0.29) is 16.3 Å². The quantitative estimate of drug-likeness (QED) is 0.543. The van der Waals surface area contributed by atoms with Crippen LogP contribution in [0.4, 0.5) is 32.0 Å². The molecule has 0 saturated carbocycles. The third-order valence-electron chi connectivity index (χ3n) is 3.35. The summed E-state index contributed by atoms with van der Waals surface area (Å²) in [7, 11) is 0. The number of nitrogens with one attached hydrogen (secondary N) is 1. The van der Waals surface area contributed by atoms with Gasteiger partial charge in [0.2, 0.25) is 0 Å². The zero-order valence-electron chi connectivity index (χ0n) is 13.6. The van der Waals surface area contributed by atoms with Gasteiger partial charge < -0.3 is 10.1 Å². The molecule has 0 aliphatic heterocycles. The van der Waals surface area contributed by atoms with E-state index in [9.17, 15) is 35.9 Å². The first kappa shape index (κ1) is 21.5. The van der Waals surface area contributed by atoms with Gasteiger partial charge in [0.1, 0.15) is 0 Å². The molecule has 1 N–H and O–H groups in total. The molecule has 2 aromatic carbocycles. The molecule has 0 aliphatic carbocycles. The minimum Gasteiger partial charge on any atom is -0.452 e. The first-order chi connectivity index (χ1) is 12.9. The van der Waals surface area contributed by atoms with Gasteiger partial charge in [-0.05, 0) is 42.5 Å². The average Bonchev–Trinajstić information content (AvgIpc) is 2.60. The molecule has 1 amide bonds. The average molecular weight is 426 g/mol. The summed E-state index contributed by atoms with van der Waals surface area (Å²) in [5.41, 5.74) is -2.60. The summed E-state index contributed by atoms with van der Waals surface area (Å²) in [5.74, 6) is -2.07. The third-order valence-corrected chi connectivity index (χ3v) is 3.68. The van der Waals surface area contributed by atoms with Crippen molar-refractivity contribution in [2.24, 2.45) is 0 Å². The number of ether oxygens (including phenoxy) is 1. The molecule has 0 radical (unpaired) electrons. The van der Waals surface area contributed by atoms with E-state index in [0.29, 0.717) is 18.2 Å². The SMILES string of the molecule is O=C(COC(=O)c1ccc(C(F)(F)F)cc1)Nc1cc(C(F)(F)F)ccc1Cl. The molecule has 0 spiro atoms. The van der Waals surface area contributed by atoms with Crippen LogP contribution >= 0.6 is 11.6 Å². The van der Waals surface area contributed by atoms with Crippen molar-refractivity contribution < 1.29 is 40.7 Å². The molecule has 0 atom stereocenters. The number of carbonyl (C=O) groups excluding carboxylic acids is 2. The van der Waals surface area contributed by atoms with E-state index in [1.165, 1.54) is 0 Å². The van der Waals surface area contributed by atoms with Gasteiger partial charge in [-0.15, -0.1) is 0 Å². The van der Waals surface area contributed by atoms with Crippen LogP contribution < -0.4 is 5.32 Å². The lowest BCUT2D eigenvalue weighted by atomic mass is 10.1. The predicted octanol–water partition coefficient (Wildman–Crippen LogP) is 5.17. The lowest BCUT2D eigenvalue weighted by Gasteiger charge is -2.12. The fourth-order valence-corrected chi connectivity index (χ4v) is 2.16. The number of rotatable bonds is 4. The highest BCUT2D eigenvalue weighted by Crippen LogP contribution is 2.34. The molecule has 0 saturated heterocycles. The summed E-state index contributed by atoms with van der Waals surface area (Å²) < 4.78 is 80.1. The summed E-state index contributed by atoms with van der Waals surface area (Å²) in [6, 6.07) is 5.34. The topological polar surface area (TPSA) is 55.4 Å². The van der Waals surface area contributed by atoms with Gasteiger partial charge in [0, 0.05) is 0 Å². The number of anilines is 1. The molecule has 0 aliphatic rings. The van der Waals surface area contributed by atoms with Gasteiger partial charge in [0.25, 0.3) is 5.91 Å². The number of halogens is 7. The third kappa shape index (κ3) is 5.62. The van der Waals surface area contributed by atoms with Crippen molar-refractivity contribution in [2.75, 3.05) is 11.9 Å². The largest absolute Gasteiger partial charge is 0.452 e. The van der Waals surface area contributed by atoms with Crippen LogP contribution in [-0.4, -0.2) is 18.5 Å². The molecular formula is C17H10ClF6NO3. The second kappa shape index (κ2) is 8.09. The maximum absolute atomic E-state index is 12.7. The Kier molecular flexibility index (Phi) is 6.23. The molecule has 0 unspecified atom stereocenters. The summed E-state index contributed by atoms with van der Waals surface area (Å²) in [5, 5.41) is 1.89. The molecule has 0 bridgehead atoms. The van der Waals surface area contributed by atoms with Crippen LogP contribution in [0.5, 0.6) is 0 Å². The Bertz CT molecular complexity index is 878. The Balaban J connectivity index is 1.98. The van der Waals surface area contributed by atoms with Crippen LogP contribution in [0.2, 0.25) is 5.02 Å². The lowest BCUT2D eigenvalue weighted by molar-refractivity contribution is -0.138. The maximum atomic E-state index is 12.7. The number of esters is 1. The van der Waals surface area contributed by atoms with E-state index in [2.05, 4.69) is 10.1 Å². The molecule has 11 heteroatoms. The molecule has 0 fully saturated rings. The van der Waals surface area contributed by atoms with Crippen molar-refractivity contribution in [1.29, 1.82) is 0 Å². The van der Waals surface area contributed by atoms with Crippen molar-refractivity contribution in [1.82, 2.24) is 0 Å². The number of carbonyl (C=O) groups is 2. The number of hydrogen-bond donors (Lipinski definition) is 1. The van der Waals surface area contributed by atoms with Gasteiger partial charge in [-0.25, -0.2) is 4.79 Å². The Hall–Kier alpha value is -2.75. The van der Waals surface area contributed by atoms with Crippen molar-refractivity contribution in [3.05, 3.63) is 64.2 Å². The van der Waals surface area contributed by atoms with E-state index in [0.717, 1.165) is 24.3 Å². The van der Waals surface area contributed by atoms with Gasteiger partial charge in [-0.2, -0.15) is 26.3 Å². The molecule has 2 aromatic rings. The molecule has 0 aromatic heterocycles. The monoisotopic (exact) mass is 425 g/mol. The molecular weight excluding hydrogens is 416 g/mol. The van der Waals surface area contributed by atoms with Crippen LogP contribution in [0, 0.1) is 0 Å². The number of benzene rings is 2. The molecule has 2 rings (SSSR count). The van der Waals surface area contributed by atoms with Crippen molar-refractivity contribution in [3.8, 4) is 0 Å². The Labute approximate surface area is 159 Å². The van der Waals surface area contributed by atoms with Crippen LogP contribution in [0.15, 0.2) is 42.5 Å². The van der Waals surface area contributed by atoms with Gasteiger partial charge in [0.05, 0.1) is 27.4 Å². The van der Waals surface area contributed by atoms with Crippen LogP contribution in [0.3, 0.4) is 0 Å². The van der Waals surface area contributed by atoms with E-state index < -0.39 is 42.0 Å². The zero-order chi connectivity index (χ0) is 21.1. The highest BCUT2D eigenvalue weighted by molar-refractivity contribution is 6.33. The maximum Gasteiger partial charge on any atom is 0.416 e. The minimum absolute atomic E-state index is 0.171. The van der Waals surface area contributed by atoms with E-state index in [1.54, 1.807) is 0 Å². The molecule has 0 heterocycles. The Morgan fingerprint density at radius 1 is 0.893 bits per heavy atom. The number of amides is 1. The molecule has 28 heavy (non-hydrogen) atoms. The first-order valence-electron chi connectivity index (χ1n) is 7.39. The van der Waals surface area contributed by atoms with Gasteiger partial charge >= 0.3 is 18.3 Å². The summed E-state index contributed by atoms with van der Waals surface area (Å²) in [6.07, 6.45) is -9.23. The summed E-state index contributed by atoms with van der Waals surface area (Å²) in [4.78, 5) is 23.5. The second-order valence-corrected chi connectivity index (χ2v) is 5.80. The van der Waals surface area contributed by atoms with Crippen molar-refractivity contribution >= 4 is 29.2 Å². The van der Waals surface area contributed by atoms with Crippen molar-refractivity contribution in [3.63, 3.8) is 0 Å². The molecule has 150 valence electrons. The highest BCUT2D eigenvalue weighted by atomic mass is 35.5. The smallest absolute Gasteiger partial charge is 0.416 e. The predicted molar refractivity (Wildman–Crippen MR) is 86.8 cm³/mol. The van der Waals surface area contributed by atoms with Gasteiger partial charge in [0.15, 0.2) is 6.61 Å². The fourth-order valence-electron chi connectivity index (χ4n) is 1.99. The number of hydrogen-bond acceptors (Lipinski definition) is 3. The van der Waals surface area contributed by atoms with Gasteiger partial charge in [-0.1, -0.05) is 11.6 Å². The van der Waals surface area contributed by atoms with Crippen LogP contribution in [0.1, 0.15) is 21.5 Å². The first-order valence-corrected chi connectivity index (χ1v) is 7.76. The summed E-state index contributed by atoms with van der Waals surface area (Å²) >= 11 is 5.72. The standard InChI is InChI=1S/C17H10ClF6NO3/c18-12-6-5-11(17(22,23)24)7-13(12)25-14(26)8-28-15(27)9-1-3-10(4-2-9)16(19,20)21/h1-7H,8H2,(H,25,26). The zero-order valence-corrected chi connectivity index (χ0v) is 14.4. The van der Waals surface area contributed by atoms with Crippen LogP contribution in [0.25, 0.3) is 0 Å². The van der Waals surface area contributed by atoms with E-state index >= 15 is 0 Å². The minimum atomic E-state index is -4.65. The van der Waals surface area contributed by atoms with Crippen LogP contribution in [-0.2, 0) is 21.9 Å². The lowest BCUT2D eigenvalue weighted by Crippen LogP contribution is -2.21. The fraction of sp³-hybridized carbons (Fsp3) is 0.176.